The molecule has 0 amide bonds. The first-order valence-corrected chi connectivity index (χ1v) is 4.63. The molecule has 0 radical (unpaired) electrons. The summed E-state index contributed by atoms with van der Waals surface area (Å²) in [5, 5.41) is 3.80. The molecule has 2 rings (SSSR count). The summed E-state index contributed by atoms with van der Waals surface area (Å²) in [4.78, 5) is 0. The molecule has 1 aromatic carbocycles. The van der Waals surface area contributed by atoms with Gasteiger partial charge in [0.2, 0.25) is 0 Å². The van der Waals surface area contributed by atoms with Crippen LogP contribution in [0.1, 0.15) is 11.5 Å². The van der Waals surface area contributed by atoms with E-state index in [1.807, 2.05) is 19.1 Å². The minimum atomic E-state index is 0.595. The van der Waals surface area contributed by atoms with Crippen LogP contribution >= 0.6 is 0 Å². The summed E-state index contributed by atoms with van der Waals surface area (Å²) in [5.74, 6) is 1.90. The maximum Gasteiger partial charge on any atom is 0.192 e. The highest BCUT2D eigenvalue weighted by atomic mass is 16.5. The van der Waals surface area contributed by atoms with Crippen LogP contribution in [0.4, 0.5) is 5.69 Å². The number of anilines is 1. The molecular weight excluding hydrogens is 192 g/mol. The molecule has 0 saturated carbocycles. The van der Waals surface area contributed by atoms with Crippen molar-refractivity contribution < 1.29 is 9.26 Å². The number of aromatic nitrogens is 1. The second-order valence-electron chi connectivity index (χ2n) is 3.29. The maximum absolute atomic E-state index is 5.76. The van der Waals surface area contributed by atoms with Crippen molar-refractivity contribution in [2.45, 2.75) is 13.8 Å². The number of nitrogen functional groups attached to an aromatic ring is 1. The Kier molecular flexibility index (Phi) is 2.33. The van der Waals surface area contributed by atoms with E-state index in [1.165, 1.54) is 0 Å². The molecule has 0 bridgehead atoms. The Labute approximate surface area is 87.6 Å². The van der Waals surface area contributed by atoms with Gasteiger partial charge in [0.1, 0.15) is 5.69 Å². The summed E-state index contributed by atoms with van der Waals surface area (Å²) >= 11 is 0. The zero-order valence-electron chi connectivity index (χ0n) is 8.65. The molecule has 0 atom stereocenters. The van der Waals surface area contributed by atoms with E-state index in [0.717, 1.165) is 5.69 Å². The van der Waals surface area contributed by atoms with Crippen LogP contribution in [-0.4, -0.2) is 5.16 Å². The summed E-state index contributed by atoms with van der Waals surface area (Å²) in [7, 11) is 0. The second-order valence-corrected chi connectivity index (χ2v) is 3.29. The van der Waals surface area contributed by atoms with E-state index in [9.17, 15) is 0 Å². The van der Waals surface area contributed by atoms with Crippen molar-refractivity contribution >= 4 is 5.69 Å². The van der Waals surface area contributed by atoms with Crippen LogP contribution < -0.4 is 10.5 Å². The highest BCUT2D eigenvalue weighted by Gasteiger charge is 2.12. The number of rotatable bonds is 2. The number of para-hydroxylation sites is 2. The Hall–Kier alpha value is -1.97. The number of benzene rings is 1. The van der Waals surface area contributed by atoms with Gasteiger partial charge in [0.05, 0.1) is 5.69 Å². The minimum absolute atomic E-state index is 0.595. The van der Waals surface area contributed by atoms with Crippen molar-refractivity contribution in [1.29, 1.82) is 0 Å². The molecule has 0 unspecified atom stereocenters. The number of aryl methyl sites for hydroxylation is 2. The monoisotopic (exact) mass is 204 g/mol. The SMILES string of the molecule is Cc1noc(C)c1Oc1ccccc1N. The Balaban J connectivity index is 2.34. The van der Waals surface area contributed by atoms with Gasteiger partial charge in [-0.2, -0.15) is 0 Å². The zero-order chi connectivity index (χ0) is 10.8. The van der Waals surface area contributed by atoms with Gasteiger partial charge in [-0.15, -0.1) is 0 Å². The van der Waals surface area contributed by atoms with Crippen LogP contribution in [0.3, 0.4) is 0 Å². The fraction of sp³-hybridized carbons (Fsp3) is 0.182. The summed E-state index contributed by atoms with van der Waals surface area (Å²) in [5.41, 5.74) is 7.07. The molecule has 1 heterocycles. The highest BCUT2D eigenvalue weighted by Crippen LogP contribution is 2.31. The lowest BCUT2D eigenvalue weighted by Crippen LogP contribution is -1.92. The van der Waals surface area contributed by atoms with Gasteiger partial charge < -0.3 is 15.0 Å². The van der Waals surface area contributed by atoms with Crippen LogP contribution in [0.15, 0.2) is 28.8 Å². The summed E-state index contributed by atoms with van der Waals surface area (Å²) in [6, 6.07) is 7.31. The van der Waals surface area contributed by atoms with Crippen molar-refractivity contribution in [2.75, 3.05) is 5.73 Å². The first-order chi connectivity index (χ1) is 7.18. The van der Waals surface area contributed by atoms with Gasteiger partial charge in [0.15, 0.2) is 17.3 Å². The van der Waals surface area contributed by atoms with Crippen molar-refractivity contribution in [1.82, 2.24) is 5.16 Å². The van der Waals surface area contributed by atoms with Crippen LogP contribution in [0.2, 0.25) is 0 Å². The number of nitrogens with zero attached hydrogens (tertiary/aromatic N) is 1. The molecule has 0 spiro atoms. The Morgan fingerprint density at radius 3 is 2.60 bits per heavy atom. The third-order valence-corrected chi connectivity index (χ3v) is 2.10. The molecule has 4 nitrogen and oxygen atoms in total. The molecule has 78 valence electrons. The van der Waals surface area contributed by atoms with E-state index in [0.29, 0.717) is 22.9 Å². The lowest BCUT2D eigenvalue weighted by atomic mass is 10.3. The molecule has 15 heavy (non-hydrogen) atoms. The molecular formula is C11H12N2O2. The molecule has 0 fully saturated rings. The lowest BCUT2D eigenvalue weighted by molar-refractivity contribution is 0.384. The molecule has 0 aliphatic carbocycles. The normalized spacial score (nSPS) is 10.3. The van der Waals surface area contributed by atoms with Crippen molar-refractivity contribution in [3.05, 3.63) is 35.7 Å². The molecule has 2 aromatic rings. The van der Waals surface area contributed by atoms with Gasteiger partial charge in [0, 0.05) is 6.92 Å². The van der Waals surface area contributed by atoms with Crippen LogP contribution in [0.25, 0.3) is 0 Å². The van der Waals surface area contributed by atoms with Gasteiger partial charge in [-0.25, -0.2) is 0 Å². The van der Waals surface area contributed by atoms with Crippen LogP contribution in [-0.2, 0) is 0 Å². The van der Waals surface area contributed by atoms with E-state index >= 15 is 0 Å². The smallest absolute Gasteiger partial charge is 0.192 e. The number of nitrogens with two attached hydrogens (primary N) is 1. The molecule has 0 aliphatic rings. The minimum Gasteiger partial charge on any atom is -0.449 e. The maximum atomic E-state index is 5.76. The quantitative estimate of drug-likeness (QED) is 0.764. The third-order valence-electron chi connectivity index (χ3n) is 2.10. The van der Waals surface area contributed by atoms with Gasteiger partial charge in [-0.05, 0) is 19.1 Å². The van der Waals surface area contributed by atoms with Crippen molar-refractivity contribution in [2.24, 2.45) is 0 Å². The first kappa shape index (κ1) is 9.58. The summed E-state index contributed by atoms with van der Waals surface area (Å²) in [6.45, 7) is 3.62. The third kappa shape index (κ3) is 1.79. The fourth-order valence-corrected chi connectivity index (χ4v) is 1.30. The van der Waals surface area contributed by atoms with E-state index in [2.05, 4.69) is 5.16 Å². The number of hydrogen-bond donors (Lipinski definition) is 1. The highest BCUT2D eigenvalue weighted by molar-refractivity contribution is 5.54. The van der Waals surface area contributed by atoms with Gasteiger partial charge >= 0.3 is 0 Å². The van der Waals surface area contributed by atoms with Crippen LogP contribution in [0, 0.1) is 13.8 Å². The molecule has 1 aromatic heterocycles. The van der Waals surface area contributed by atoms with Crippen LogP contribution in [0.5, 0.6) is 11.5 Å². The van der Waals surface area contributed by atoms with Crippen molar-refractivity contribution in [3.63, 3.8) is 0 Å². The van der Waals surface area contributed by atoms with Gasteiger partial charge in [0.25, 0.3) is 0 Å². The first-order valence-electron chi connectivity index (χ1n) is 4.63. The average molecular weight is 204 g/mol. The molecule has 4 heteroatoms. The fourth-order valence-electron chi connectivity index (χ4n) is 1.30. The predicted octanol–water partition coefficient (Wildman–Crippen LogP) is 2.67. The van der Waals surface area contributed by atoms with Crippen molar-refractivity contribution in [3.8, 4) is 11.5 Å². The molecule has 2 N–H and O–H groups in total. The lowest BCUT2D eigenvalue weighted by Gasteiger charge is -2.06. The van der Waals surface area contributed by atoms with E-state index in [1.54, 1.807) is 19.1 Å². The van der Waals surface area contributed by atoms with E-state index < -0.39 is 0 Å². The molecule has 0 saturated heterocycles. The van der Waals surface area contributed by atoms with E-state index in [-0.39, 0.29) is 0 Å². The standard InChI is InChI=1S/C11H12N2O2/c1-7-11(8(2)15-13-7)14-10-6-4-3-5-9(10)12/h3-6H,12H2,1-2H3. The number of hydrogen-bond acceptors (Lipinski definition) is 4. The second kappa shape index (κ2) is 3.65. The average Bonchev–Trinajstić information content (AvgIpc) is 2.53. The van der Waals surface area contributed by atoms with Gasteiger partial charge in [-0.3, -0.25) is 0 Å². The summed E-state index contributed by atoms with van der Waals surface area (Å²) < 4.78 is 10.6. The van der Waals surface area contributed by atoms with E-state index in [4.69, 9.17) is 15.0 Å². The topological polar surface area (TPSA) is 61.3 Å². The summed E-state index contributed by atoms with van der Waals surface area (Å²) in [6.07, 6.45) is 0. The Morgan fingerprint density at radius 2 is 2.00 bits per heavy atom. The zero-order valence-corrected chi connectivity index (χ0v) is 8.65. The Bertz CT molecular complexity index is 458. The van der Waals surface area contributed by atoms with Gasteiger partial charge in [-0.1, -0.05) is 17.3 Å². The largest absolute Gasteiger partial charge is 0.449 e. The Morgan fingerprint density at radius 1 is 1.27 bits per heavy atom. The molecule has 0 aliphatic heterocycles. The number of ether oxygens (including phenoxy) is 1. The predicted molar refractivity (Wildman–Crippen MR) is 56.9 cm³/mol.